The first kappa shape index (κ1) is 9.18. The zero-order valence-electron chi connectivity index (χ0n) is 7.79. The molecule has 0 bridgehead atoms. The fraction of sp³-hybridized carbons (Fsp3) is 0.400. The summed E-state index contributed by atoms with van der Waals surface area (Å²) in [6.07, 6.45) is 0.176. The van der Waals surface area contributed by atoms with Crippen LogP contribution in [0, 0.1) is 6.92 Å². The molecule has 1 rings (SSSR count). The highest BCUT2D eigenvalue weighted by Crippen LogP contribution is 2.09. The van der Waals surface area contributed by atoms with Crippen LogP contribution in [0.25, 0.3) is 0 Å². The number of benzene rings is 1. The molecular weight excluding hydrogens is 147 g/mol. The largest absolute Gasteiger partial charge is 0.492 e. The fourth-order valence-electron chi connectivity index (χ4n) is 1.03. The van der Waals surface area contributed by atoms with Crippen molar-refractivity contribution in [2.45, 2.75) is 26.9 Å². The van der Waals surface area contributed by atoms with Crippen LogP contribution in [0.4, 0.5) is 0 Å². The first-order valence-corrected chi connectivity index (χ1v) is 4.12. The Labute approximate surface area is 75.2 Å². The SMILES string of the molecule is [B]c1cc(C)ccc1OC(C)C. The lowest BCUT2D eigenvalue weighted by molar-refractivity contribution is 0.244. The third kappa shape index (κ3) is 2.30. The van der Waals surface area contributed by atoms with Crippen LogP contribution < -0.4 is 10.2 Å². The van der Waals surface area contributed by atoms with Crippen molar-refractivity contribution in [3.05, 3.63) is 23.8 Å². The number of ether oxygens (including phenoxy) is 1. The molecule has 0 spiro atoms. The van der Waals surface area contributed by atoms with Gasteiger partial charge < -0.3 is 4.74 Å². The van der Waals surface area contributed by atoms with E-state index in [0.29, 0.717) is 5.46 Å². The summed E-state index contributed by atoms with van der Waals surface area (Å²) in [7, 11) is 5.74. The molecule has 0 N–H and O–H groups in total. The Morgan fingerprint density at radius 3 is 2.50 bits per heavy atom. The van der Waals surface area contributed by atoms with E-state index in [1.165, 1.54) is 0 Å². The number of hydrogen-bond donors (Lipinski definition) is 0. The van der Waals surface area contributed by atoms with E-state index in [9.17, 15) is 0 Å². The van der Waals surface area contributed by atoms with E-state index in [0.717, 1.165) is 11.3 Å². The van der Waals surface area contributed by atoms with E-state index < -0.39 is 0 Å². The Kier molecular flexibility index (Phi) is 2.80. The monoisotopic (exact) mass is 160 g/mol. The van der Waals surface area contributed by atoms with Gasteiger partial charge in [0.05, 0.1) is 6.10 Å². The minimum atomic E-state index is 0.176. The highest BCUT2D eigenvalue weighted by molar-refractivity contribution is 6.34. The summed E-state index contributed by atoms with van der Waals surface area (Å²) in [4.78, 5) is 0. The third-order valence-corrected chi connectivity index (χ3v) is 1.53. The first-order valence-electron chi connectivity index (χ1n) is 4.12. The number of rotatable bonds is 2. The quantitative estimate of drug-likeness (QED) is 0.596. The second-order valence-corrected chi connectivity index (χ2v) is 3.21. The maximum atomic E-state index is 5.74. The van der Waals surface area contributed by atoms with Crippen LogP contribution in [0.2, 0.25) is 0 Å². The molecule has 1 nitrogen and oxygen atoms in total. The molecule has 0 amide bonds. The van der Waals surface area contributed by atoms with Gasteiger partial charge in [0.25, 0.3) is 0 Å². The van der Waals surface area contributed by atoms with E-state index >= 15 is 0 Å². The molecule has 0 atom stereocenters. The van der Waals surface area contributed by atoms with Crippen LogP contribution in [0.15, 0.2) is 18.2 Å². The summed E-state index contributed by atoms with van der Waals surface area (Å²) in [6, 6.07) is 5.82. The molecule has 0 aromatic heterocycles. The molecule has 62 valence electrons. The highest BCUT2D eigenvalue weighted by Gasteiger charge is 2.00. The van der Waals surface area contributed by atoms with Gasteiger partial charge in [0, 0.05) is 0 Å². The van der Waals surface area contributed by atoms with Crippen molar-refractivity contribution in [2.75, 3.05) is 0 Å². The maximum Gasteiger partial charge on any atom is 0.119 e. The van der Waals surface area contributed by atoms with Gasteiger partial charge in [-0.1, -0.05) is 23.2 Å². The second-order valence-electron chi connectivity index (χ2n) is 3.21. The van der Waals surface area contributed by atoms with E-state index in [-0.39, 0.29) is 6.10 Å². The summed E-state index contributed by atoms with van der Waals surface area (Å²) < 4.78 is 5.47. The molecule has 0 aliphatic heterocycles. The molecule has 1 aromatic rings. The Morgan fingerprint density at radius 1 is 1.33 bits per heavy atom. The number of aryl methyl sites for hydroxylation is 1. The van der Waals surface area contributed by atoms with Crippen LogP contribution in [0.1, 0.15) is 19.4 Å². The lowest BCUT2D eigenvalue weighted by Crippen LogP contribution is -2.14. The number of hydrogen-bond acceptors (Lipinski definition) is 1. The van der Waals surface area contributed by atoms with Gasteiger partial charge in [-0.2, -0.15) is 0 Å². The van der Waals surface area contributed by atoms with Crippen LogP contribution in [0.5, 0.6) is 5.75 Å². The molecule has 0 heterocycles. The second kappa shape index (κ2) is 3.66. The summed E-state index contributed by atoms with van der Waals surface area (Å²) in [6.45, 7) is 5.98. The predicted molar refractivity (Wildman–Crippen MR) is 52.3 cm³/mol. The molecule has 0 aliphatic carbocycles. The van der Waals surface area contributed by atoms with E-state index in [1.54, 1.807) is 0 Å². The van der Waals surface area contributed by atoms with Crippen molar-refractivity contribution in [1.82, 2.24) is 0 Å². The topological polar surface area (TPSA) is 9.23 Å². The third-order valence-electron chi connectivity index (χ3n) is 1.53. The molecule has 12 heavy (non-hydrogen) atoms. The Morgan fingerprint density at radius 2 is 2.00 bits per heavy atom. The lowest BCUT2D eigenvalue weighted by Gasteiger charge is -2.12. The minimum Gasteiger partial charge on any atom is -0.492 e. The zero-order chi connectivity index (χ0) is 9.14. The molecule has 0 fully saturated rings. The molecule has 2 radical (unpaired) electrons. The average Bonchev–Trinajstić information content (AvgIpc) is 1.94. The van der Waals surface area contributed by atoms with Gasteiger partial charge in [-0.05, 0) is 26.8 Å². The molecule has 1 aromatic carbocycles. The van der Waals surface area contributed by atoms with E-state index in [4.69, 9.17) is 12.6 Å². The molecule has 0 unspecified atom stereocenters. The smallest absolute Gasteiger partial charge is 0.119 e. The van der Waals surface area contributed by atoms with Gasteiger partial charge in [0.1, 0.15) is 13.6 Å². The summed E-state index contributed by atoms with van der Waals surface area (Å²) >= 11 is 0. The minimum absolute atomic E-state index is 0.176. The average molecular weight is 160 g/mol. The van der Waals surface area contributed by atoms with Gasteiger partial charge in [-0.15, -0.1) is 0 Å². The van der Waals surface area contributed by atoms with Gasteiger partial charge in [0.15, 0.2) is 0 Å². The maximum absolute atomic E-state index is 5.74. The van der Waals surface area contributed by atoms with Gasteiger partial charge in [0.2, 0.25) is 0 Å². The normalized spacial score (nSPS) is 10.3. The predicted octanol–water partition coefficient (Wildman–Crippen LogP) is 1.58. The Hall–Kier alpha value is -0.915. The lowest BCUT2D eigenvalue weighted by atomic mass is 9.93. The highest BCUT2D eigenvalue weighted by atomic mass is 16.5. The van der Waals surface area contributed by atoms with E-state index in [2.05, 4.69) is 0 Å². The van der Waals surface area contributed by atoms with Crippen LogP contribution in [-0.2, 0) is 0 Å². The molecule has 2 heteroatoms. The molecule has 0 aliphatic rings. The summed E-state index contributed by atoms with van der Waals surface area (Å²) in [5.41, 5.74) is 1.87. The Bertz CT molecular complexity index is 269. The standard InChI is InChI=1S/C10H13BO/c1-7(2)12-10-5-4-8(3)6-9(10)11/h4-7H,1-3H3. The van der Waals surface area contributed by atoms with Crippen molar-refractivity contribution in [1.29, 1.82) is 0 Å². The molecule has 0 saturated carbocycles. The van der Waals surface area contributed by atoms with Crippen molar-refractivity contribution in [3.63, 3.8) is 0 Å². The van der Waals surface area contributed by atoms with Gasteiger partial charge in [-0.3, -0.25) is 0 Å². The van der Waals surface area contributed by atoms with Crippen molar-refractivity contribution in [3.8, 4) is 5.75 Å². The first-order chi connectivity index (χ1) is 5.59. The van der Waals surface area contributed by atoms with Gasteiger partial charge in [-0.25, -0.2) is 0 Å². The fourth-order valence-corrected chi connectivity index (χ4v) is 1.03. The zero-order valence-corrected chi connectivity index (χ0v) is 7.79. The van der Waals surface area contributed by atoms with Crippen molar-refractivity contribution in [2.24, 2.45) is 0 Å². The van der Waals surface area contributed by atoms with Crippen LogP contribution >= 0.6 is 0 Å². The Balaban J connectivity index is 2.86. The van der Waals surface area contributed by atoms with E-state index in [1.807, 2.05) is 39.0 Å². The van der Waals surface area contributed by atoms with Crippen molar-refractivity contribution < 1.29 is 4.74 Å². The summed E-state index contributed by atoms with van der Waals surface area (Å²) in [5.74, 6) is 0.774. The summed E-state index contributed by atoms with van der Waals surface area (Å²) in [5, 5.41) is 0. The molecule has 0 saturated heterocycles. The van der Waals surface area contributed by atoms with Gasteiger partial charge >= 0.3 is 0 Å². The van der Waals surface area contributed by atoms with Crippen LogP contribution in [0.3, 0.4) is 0 Å². The van der Waals surface area contributed by atoms with Crippen LogP contribution in [-0.4, -0.2) is 14.0 Å². The molecular formula is C10H13BO. The van der Waals surface area contributed by atoms with Crippen molar-refractivity contribution >= 4 is 13.3 Å².